The van der Waals surface area contributed by atoms with Crippen molar-refractivity contribution in [3.63, 3.8) is 0 Å². The Labute approximate surface area is 90.3 Å². The number of rotatable bonds is 5. The first-order valence-electron chi connectivity index (χ1n) is 5.30. The Morgan fingerprint density at radius 2 is 2.13 bits per heavy atom. The predicted molar refractivity (Wildman–Crippen MR) is 59.3 cm³/mol. The first-order chi connectivity index (χ1) is 7.15. The highest BCUT2D eigenvalue weighted by Gasteiger charge is 2.08. The van der Waals surface area contributed by atoms with Crippen molar-refractivity contribution in [3.05, 3.63) is 29.6 Å². The molecule has 84 valence electrons. The molecule has 0 saturated heterocycles. The monoisotopic (exact) mass is 211 g/mol. The molecule has 0 radical (unpaired) electrons. The molecule has 15 heavy (non-hydrogen) atoms. The van der Waals surface area contributed by atoms with Gasteiger partial charge >= 0.3 is 0 Å². The zero-order chi connectivity index (χ0) is 11.3. The Bertz CT molecular complexity index is 314. The molecule has 1 N–H and O–H groups in total. The van der Waals surface area contributed by atoms with Crippen molar-refractivity contribution in [3.8, 4) is 5.75 Å². The fourth-order valence-corrected chi connectivity index (χ4v) is 1.49. The summed E-state index contributed by atoms with van der Waals surface area (Å²) >= 11 is 0. The van der Waals surface area contributed by atoms with Gasteiger partial charge in [0.1, 0.15) is 0 Å². The lowest BCUT2D eigenvalue weighted by Gasteiger charge is -2.16. The van der Waals surface area contributed by atoms with E-state index in [2.05, 4.69) is 11.8 Å². The average molecular weight is 211 g/mol. The highest BCUT2D eigenvalue weighted by atomic mass is 19.1. The highest BCUT2D eigenvalue weighted by molar-refractivity contribution is 5.33. The van der Waals surface area contributed by atoms with E-state index in [-0.39, 0.29) is 5.75 Å². The number of benzene rings is 1. The van der Waals surface area contributed by atoms with Gasteiger partial charge in [0.2, 0.25) is 0 Å². The van der Waals surface area contributed by atoms with Crippen molar-refractivity contribution in [1.29, 1.82) is 0 Å². The summed E-state index contributed by atoms with van der Waals surface area (Å²) in [5.74, 6) is -0.766. The summed E-state index contributed by atoms with van der Waals surface area (Å²) in [4.78, 5) is 2.08. The van der Waals surface area contributed by atoms with Crippen molar-refractivity contribution in [2.75, 3.05) is 13.6 Å². The third-order valence-electron chi connectivity index (χ3n) is 2.40. The van der Waals surface area contributed by atoms with E-state index in [9.17, 15) is 9.50 Å². The third-order valence-corrected chi connectivity index (χ3v) is 2.40. The van der Waals surface area contributed by atoms with E-state index in [1.807, 2.05) is 7.05 Å². The maximum Gasteiger partial charge on any atom is 0.165 e. The van der Waals surface area contributed by atoms with Crippen molar-refractivity contribution >= 4 is 0 Å². The molecule has 0 aliphatic heterocycles. The Kier molecular flexibility index (Phi) is 4.56. The smallest absolute Gasteiger partial charge is 0.165 e. The van der Waals surface area contributed by atoms with E-state index in [0.29, 0.717) is 12.1 Å². The van der Waals surface area contributed by atoms with Crippen LogP contribution in [-0.2, 0) is 6.54 Å². The zero-order valence-corrected chi connectivity index (χ0v) is 9.33. The van der Waals surface area contributed by atoms with Crippen molar-refractivity contribution in [1.82, 2.24) is 4.90 Å². The number of para-hydroxylation sites is 1. The molecule has 0 aliphatic rings. The molecule has 0 unspecified atom stereocenters. The minimum absolute atomic E-state index is 0.221. The standard InChI is InChI=1S/C12H18FNO/c1-3-4-8-14(2)9-10-6-5-7-11(13)12(10)15/h5-7,15H,3-4,8-9H2,1-2H3. The summed E-state index contributed by atoms with van der Waals surface area (Å²) in [6, 6.07) is 4.64. The summed E-state index contributed by atoms with van der Waals surface area (Å²) in [5.41, 5.74) is 0.647. The normalized spacial score (nSPS) is 10.9. The number of phenols is 1. The van der Waals surface area contributed by atoms with E-state index in [1.54, 1.807) is 12.1 Å². The van der Waals surface area contributed by atoms with Gasteiger partial charge < -0.3 is 10.0 Å². The van der Waals surface area contributed by atoms with Gasteiger partial charge in [-0.05, 0) is 26.1 Å². The molecule has 0 amide bonds. The van der Waals surface area contributed by atoms with E-state index < -0.39 is 5.82 Å². The molecule has 0 heterocycles. The molecule has 1 aromatic rings. The fourth-order valence-electron chi connectivity index (χ4n) is 1.49. The van der Waals surface area contributed by atoms with Gasteiger partial charge in [0.15, 0.2) is 11.6 Å². The van der Waals surface area contributed by atoms with Crippen molar-refractivity contribution in [2.45, 2.75) is 26.3 Å². The Morgan fingerprint density at radius 3 is 2.80 bits per heavy atom. The second kappa shape index (κ2) is 5.71. The number of halogens is 1. The molecule has 0 aromatic heterocycles. The quantitative estimate of drug-likeness (QED) is 0.809. The van der Waals surface area contributed by atoms with Gasteiger partial charge in [-0.25, -0.2) is 4.39 Å². The molecule has 0 bridgehead atoms. The van der Waals surface area contributed by atoms with Crippen LogP contribution in [0.5, 0.6) is 5.75 Å². The fraction of sp³-hybridized carbons (Fsp3) is 0.500. The van der Waals surface area contributed by atoms with Gasteiger partial charge in [-0.3, -0.25) is 0 Å². The first kappa shape index (κ1) is 12.0. The molecule has 1 rings (SSSR count). The molecular weight excluding hydrogens is 193 g/mol. The predicted octanol–water partition coefficient (Wildman–Crippen LogP) is 2.76. The lowest BCUT2D eigenvalue weighted by molar-refractivity contribution is 0.312. The van der Waals surface area contributed by atoms with Crippen LogP contribution in [0.4, 0.5) is 4.39 Å². The van der Waals surface area contributed by atoms with E-state index in [4.69, 9.17) is 0 Å². The van der Waals surface area contributed by atoms with Crippen LogP contribution in [0.15, 0.2) is 18.2 Å². The Hall–Kier alpha value is -1.09. The van der Waals surface area contributed by atoms with Crippen molar-refractivity contribution < 1.29 is 9.50 Å². The Balaban J connectivity index is 2.60. The van der Waals surface area contributed by atoms with E-state index >= 15 is 0 Å². The third kappa shape index (κ3) is 3.51. The van der Waals surface area contributed by atoms with Crippen LogP contribution in [0.25, 0.3) is 0 Å². The maximum absolute atomic E-state index is 13.0. The first-order valence-corrected chi connectivity index (χ1v) is 5.30. The zero-order valence-electron chi connectivity index (χ0n) is 9.33. The second-order valence-electron chi connectivity index (χ2n) is 3.84. The SMILES string of the molecule is CCCCN(C)Cc1cccc(F)c1O. The molecular formula is C12H18FNO. The molecule has 0 fully saturated rings. The van der Waals surface area contributed by atoms with Crippen LogP contribution in [-0.4, -0.2) is 23.6 Å². The van der Waals surface area contributed by atoms with Crippen LogP contribution >= 0.6 is 0 Å². The Morgan fingerprint density at radius 1 is 1.40 bits per heavy atom. The van der Waals surface area contributed by atoms with Gasteiger partial charge in [0.05, 0.1) is 0 Å². The number of hydrogen-bond donors (Lipinski definition) is 1. The van der Waals surface area contributed by atoms with Gasteiger partial charge in [0, 0.05) is 12.1 Å². The molecule has 0 spiro atoms. The minimum atomic E-state index is -0.545. The van der Waals surface area contributed by atoms with Gasteiger partial charge in [-0.15, -0.1) is 0 Å². The summed E-state index contributed by atoms with van der Waals surface area (Å²) < 4.78 is 13.0. The number of unbranched alkanes of at least 4 members (excludes halogenated alkanes) is 1. The molecule has 0 atom stereocenters. The largest absolute Gasteiger partial charge is 0.505 e. The van der Waals surface area contributed by atoms with E-state index in [0.717, 1.165) is 19.4 Å². The van der Waals surface area contributed by atoms with Crippen molar-refractivity contribution in [2.24, 2.45) is 0 Å². The highest BCUT2D eigenvalue weighted by Crippen LogP contribution is 2.21. The lowest BCUT2D eigenvalue weighted by Crippen LogP contribution is -2.19. The van der Waals surface area contributed by atoms with Crippen LogP contribution in [0.2, 0.25) is 0 Å². The summed E-state index contributed by atoms with van der Waals surface area (Å²) in [5, 5.41) is 9.47. The van der Waals surface area contributed by atoms with Crippen LogP contribution in [0, 0.1) is 5.82 Å². The van der Waals surface area contributed by atoms with Gasteiger partial charge in [-0.2, -0.15) is 0 Å². The summed E-state index contributed by atoms with van der Waals surface area (Å²) in [6.45, 7) is 3.68. The van der Waals surface area contributed by atoms with Crippen LogP contribution in [0.1, 0.15) is 25.3 Å². The topological polar surface area (TPSA) is 23.5 Å². The summed E-state index contributed by atoms with van der Waals surface area (Å²) in [7, 11) is 1.97. The molecule has 0 aliphatic carbocycles. The number of phenolic OH excluding ortho intramolecular Hbond substituents is 1. The van der Waals surface area contributed by atoms with Gasteiger partial charge in [0.25, 0.3) is 0 Å². The molecule has 2 nitrogen and oxygen atoms in total. The number of aromatic hydroxyl groups is 1. The average Bonchev–Trinajstić information content (AvgIpc) is 2.22. The lowest BCUT2D eigenvalue weighted by atomic mass is 10.2. The molecule has 1 aromatic carbocycles. The summed E-state index contributed by atoms with van der Waals surface area (Å²) in [6.07, 6.45) is 2.26. The number of hydrogen-bond acceptors (Lipinski definition) is 2. The minimum Gasteiger partial charge on any atom is -0.505 e. The van der Waals surface area contributed by atoms with E-state index in [1.165, 1.54) is 6.07 Å². The number of nitrogens with zero attached hydrogens (tertiary/aromatic N) is 1. The molecule has 0 saturated carbocycles. The maximum atomic E-state index is 13.0. The molecule has 3 heteroatoms. The van der Waals surface area contributed by atoms with Crippen LogP contribution in [0.3, 0.4) is 0 Å². The van der Waals surface area contributed by atoms with Gasteiger partial charge in [-0.1, -0.05) is 25.5 Å². The second-order valence-corrected chi connectivity index (χ2v) is 3.84. The van der Waals surface area contributed by atoms with Crippen LogP contribution < -0.4 is 0 Å².